The number of hydrogen-bond donors (Lipinski definition) is 0. The third kappa shape index (κ3) is 3.93. The van der Waals surface area contributed by atoms with Crippen LogP contribution in [0.25, 0.3) is 5.69 Å². The fourth-order valence-electron chi connectivity index (χ4n) is 2.77. The molecule has 0 bridgehead atoms. The van der Waals surface area contributed by atoms with Gasteiger partial charge in [0, 0.05) is 17.8 Å². The summed E-state index contributed by atoms with van der Waals surface area (Å²) in [6.45, 7) is 6.52. The number of ether oxygens (including phenoxy) is 2. The van der Waals surface area contributed by atoms with Gasteiger partial charge in [-0.2, -0.15) is 0 Å². The van der Waals surface area contributed by atoms with Crippen molar-refractivity contribution in [3.63, 3.8) is 0 Å². The van der Waals surface area contributed by atoms with Crippen LogP contribution in [-0.2, 0) is 9.47 Å². The molecule has 0 N–H and O–H groups in total. The van der Waals surface area contributed by atoms with Crippen LogP contribution < -0.4 is 5.56 Å². The zero-order valence-electron chi connectivity index (χ0n) is 16.0. The molecular weight excluding hydrogens is 368 g/mol. The normalized spacial score (nSPS) is 10.4. The number of non-ortho nitro benzene ring substituents is 1. The van der Waals surface area contributed by atoms with Crippen LogP contribution in [0.1, 0.15) is 45.8 Å². The summed E-state index contributed by atoms with van der Waals surface area (Å²) < 4.78 is 11.1. The van der Waals surface area contributed by atoms with Crippen LogP contribution in [0.5, 0.6) is 0 Å². The molecule has 0 unspecified atom stereocenters. The molecule has 0 aliphatic heterocycles. The number of aryl methyl sites for hydroxylation is 1. The predicted molar refractivity (Wildman–Crippen MR) is 100 cm³/mol. The number of benzene rings is 1. The van der Waals surface area contributed by atoms with Gasteiger partial charge in [0.15, 0.2) is 0 Å². The highest BCUT2D eigenvalue weighted by Gasteiger charge is 2.24. The van der Waals surface area contributed by atoms with Crippen LogP contribution in [0.3, 0.4) is 0 Å². The monoisotopic (exact) mass is 388 g/mol. The van der Waals surface area contributed by atoms with Gasteiger partial charge in [0.25, 0.3) is 11.2 Å². The van der Waals surface area contributed by atoms with E-state index >= 15 is 0 Å². The van der Waals surface area contributed by atoms with E-state index in [9.17, 15) is 24.5 Å². The Kier molecular flexibility index (Phi) is 6.29. The molecule has 0 radical (unpaired) electrons. The maximum Gasteiger partial charge on any atom is 0.343 e. The van der Waals surface area contributed by atoms with Gasteiger partial charge in [-0.25, -0.2) is 9.59 Å². The van der Waals surface area contributed by atoms with Gasteiger partial charge in [0.05, 0.1) is 29.4 Å². The number of aromatic nitrogens is 1. The molecule has 0 spiro atoms. The second-order valence-corrected chi connectivity index (χ2v) is 5.87. The van der Waals surface area contributed by atoms with Crippen LogP contribution in [0.4, 0.5) is 5.69 Å². The van der Waals surface area contributed by atoms with Crippen molar-refractivity contribution in [3.05, 3.63) is 67.1 Å². The lowest BCUT2D eigenvalue weighted by Crippen LogP contribution is -2.30. The molecule has 0 fully saturated rings. The number of carbonyl (C=O) groups excluding carboxylic acids is 2. The maximum absolute atomic E-state index is 13.0. The maximum atomic E-state index is 13.0. The summed E-state index contributed by atoms with van der Waals surface area (Å²) in [5, 5.41) is 11.0. The molecule has 1 aromatic carbocycles. The minimum absolute atomic E-state index is 0.0299. The molecule has 2 rings (SSSR count). The Labute approximate surface area is 160 Å². The van der Waals surface area contributed by atoms with Gasteiger partial charge in [-0.05, 0) is 45.4 Å². The second-order valence-electron chi connectivity index (χ2n) is 5.87. The highest BCUT2D eigenvalue weighted by Crippen LogP contribution is 2.22. The summed E-state index contributed by atoms with van der Waals surface area (Å²) in [7, 11) is 0. The largest absolute Gasteiger partial charge is 0.462 e. The number of rotatable bonds is 6. The predicted octanol–water partition coefficient (Wildman–Crippen LogP) is 2.72. The number of nitro benzene ring substituents is 1. The molecule has 2 aromatic rings. The average Bonchev–Trinajstić information content (AvgIpc) is 2.63. The number of esters is 2. The standard InChI is InChI=1S/C19H20N2O7/c1-5-27-18(23)14-10-15(19(24)28-6-2)17(22)20(12(14)4)16-8-7-13(21(25)26)9-11(16)3/h7-10H,5-6H2,1-4H3. The first kappa shape index (κ1) is 20.8. The fourth-order valence-corrected chi connectivity index (χ4v) is 2.77. The molecule has 0 amide bonds. The summed E-state index contributed by atoms with van der Waals surface area (Å²) in [5.74, 6) is -1.56. The number of nitro groups is 1. The van der Waals surface area contributed by atoms with Crippen molar-refractivity contribution in [1.82, 2.24) is 4.57 Å². The Morgan fingerprint density at radius 2 is 1.61 bits per heavy atom. The number of pyridine rings is 1. The van der Waals surface area contributed by atoms with E-state index < -0.39 is 22.4 Å². The molecular formula is C19H20N2O7. The Hall–Kier alpha value is -3.49. The van der Waals surface area contributed by atoms with E-state index in [1.807, 2.05) is 0 Å². The van der Waals surface area contributed by atoms with Crippen molar-refractivity contribution in [2.75, 3.05) is 13.2 Å². The van der Waals surface area contributed by atoms with Crippen molar-refractivity contribution in [2.45, 2.75) is 27.7 Å². The summed E-state index contributed by atoms with van der Waals surface area (Å²) in [5.41, 5.74) is -0.149. The van der Waals surface area contributed by atoms with E-state index in [2.05, 4.69) is 0 Å². The lowest BCUT2D eigenvalue weighted by Gasteiger charge is -2.17. The molecule has 9 nitrogen and oxygen atoms in total. The minimum atomic E-state index is -0.869. The van der Waals surface area contributed by atoms with Crippen molar-refractivity contribution < 1.29 is 24.0 Å². The molecule has 0 aliphatic carbocycles. The lowest BCUT2D eigenvalue weighted by atomic mass is 10.1. The van der Waals surface area contributed by atoms with Gasteiger partial charge in [-0.1, -0.05) is 0 Å². The van der Waals surface area contributed by atoms with Crippen molar-refractivity contribution in [2.24, 2.45) is 0 Å². The number of nitrogens with zero attached hydrogens (tertiary/aromatic N) is 2. The third-order valence-corrected chi connectivity index (χ3v) is 4.07. The van der Waals surface area contributed by atoms with Crippen molar-refractivity contribution >= 4 is 17.6 Å². The van der Waals surface area contributed by atoms with E-state index in [1.54, 1.807) is 20.8 Å². The summed E-state index contributed by atoms with van der Waals surface area (Å²) in [4.78, 5) is 48.0. The highest BCUT2D eigenvalue weighted by molar-refractivity contribution is 5.96. The number of carbonyl (C=O) groups is 2. The number of hydrogen-bond acceptors (Lipinski definition) is 7. The molecule has 0 aliphatic rings. The van der Waals surface area contributed by atoms with Crippen molar-refractivity contribution in [1.29, 1.82) is 0 Å². The Morgan fingerprint density at radius 1 is 1.04 bits per heavy atom. The molecule has 0 atom stereocenters. The van der Waals surface area contributed by atoms with E-state index in [0.29, 0.717) is 11.3 Å². The van der Waals surface area contributed by atoms with Gasteiger partial charge < -0.3 is 9.47 Å². The summed E-state index contributed by atoms with van der Waals surface area (Å²) >= 11 is 0. The highest BCUT2D eigenvalue weighted by atomic mass is 16.6. The lowest BCUT2D eigenvalue weighted by molar-refractivity contribution is -0.384. The first-order chi connectivity index (χ1) is 13.2. The molecule has 0 saturated heterocycles. The zero-order valence-corrected chi connectivity index (χ0v) is 16.0. The molecule has 28 heavy (non-hydrogen) atoms. The van der Waals surface area contributed by atoms with Gasteiger partial charge in [-0.15, -0.1) is 0 Å². The molecule has 148 valence electrons. The van der Waals surface area contributed by atoms with Crippen LogP contribution in [0.2, 0.25) is 0 Å². The Bertz CT molecular complexity index is 1010. The smallest absolute Gasteiger partial charge is 0.343 e. The van der Waals surface area contributed by atoms with Gasteiger partial charge in [-0.3, -0.25) is 19.5 Å². The Morgan fingerprint density at radius 3 is 2.11 bits per heavy atom. The fraction of sp³-hybridized carbons (Fsp3) is 0.316. The molecule has 9 heteroatoms. The third-order valence-electron chi connectivity index (χ3n) is 4.07. The molecule has 1 aromatic heterocycles. The van der Waals surface area contributed by atoms with E-state index in [1.165, 1.54) is 25.1 Å². The summed E-state index contributed by atoms with van der Waals surface area (Å²) in [6.07, 6.45) is 0. The molecule has 0 saturated carbocycles. The second kappa shape index (κ2) is 8.47. The van der Waals surface area contributed by atoms with Crippen molar-refractivity contribution in [3.8, 4) is 5.69 Å². The minimum Gasteiger partial charge on any atom is -0.462 e. The zero-order chi connectivity index (χ0) is 21.0. The summed E-state index contributed by atoms with van der Waals surface area (Å²) in [6, 6.07) is 5.11. The van der Waals surface area contributed by atoms with Crippen LogP contribution >= 0.6 is 0 Å². The van der Waals surface area contributed by atoms with Crippen LogP contribution in [0.15, 0.2) is 29.1 Å². The van der Waals surface area contributed by atoms with Crippen LogP contribution in [0, 0.1) is 24.0 Å². The first-order valence-corrected chi connectivity index (χ1v) is 8.59. The van der Waals surface area contributed by atoms with E-state index in [4.69, 9.17) is 9.47 Å². The topological polar surface area (TPSA) is 118 Å². The Balaban J connectivity index is 2.82. The first-order valence-electron chi connectivity index (χ1n) is 8.59. The SMILES string of the molecule is CCOC(=O)c1cc(C(=O)OCC)c(=O)n(-c2ccc([N+](=O)[O-])cc2C)c1C. The quantitative estimate of drug-likeness (QED) is 0.424. The van der Waals surface area contributed by atoms with Gasteiger partial charge in [0.2, 0.25) is 0 Å². The molecule has 1 heterocycles. The average molecular weight is 388 g/mol. The van der Waals surface area contributed by atoms with E-state index in [-0.39, 0.29) is 35.7 Å². The van der Waals surface area contributed by atoms with Gasteiger partial charge in [0.1, 0.15) is 5.56 Å². The van der Waals surface area contributed by atoms with Crippen LogP contribution in [-0.4, -0.2) is 34.6 Å². The van der Waals surface area contributed by atoms with Gasteiger partial charge >= 0.3 is 11.9 Å². The van der Waals surface area contributed by atoms with E-state index in [0.717, 1.165) is 10.6 Å².